The van der Waals surface area contributed by atoms with Gasteiger partial charge in [-0.25, -0.2) is 8.42 Å². The Hall–Kier alpha value is -2.38. The molecule has 1 unspecified atom stereocenters. The molecule has 156 valence electrons. The van der Waals surface area contributed by atoms with Gasteiger partial charge in [-0.15, -0.1) is 0 Å². The summed E-state index contributed by atoms with van der Waals surface area (Å²) in [4.78, 5) is 12.9. The maximum Gasteiger partial charge on any atom is 0.243 e. The van der Waals surface area contributed by atoms with E-state index < -0.39 is 10.0 Å². The Bertz CT molecular complexity index is 929. The molecular formula is C22H28N2O4S. The smallest absolute Gasteiger partial charge is 0.243 e. The zero-order chi connectivity index (χ0) is 20.9. The van der Waals surface area contributed by atoms with Gasteiger partial charge in [0.2, 0.25) is 15.9 Å². The van der Waals surface area contributed by atoms with Gasteiger partial charge in [-0.05, 0) is 56.5 Å². The first-order valence-electron chi connectivity index (χ1n) is 9.95. The predicted octanol–water partition coefficient (Wildman–Crippen LogP) is 3.19. The average molecular weight is 417 g/mol. The quantitative estimate of drug-likeness (QED) is 0.752. The minimum atomic E-state index is -3.58. The molecule has 3 rings (SSSR count). The molecule has 0 aliphatic carbocycles. The number of nitrogens with zero attached hydrogens (tertiary/aromatic N) is 1. The van der Waals surface area contributed by atoms with Gasteiger partial charge in [-0.1, -0.05) is 30.3 Å². The van der Waals surface area contributed by atoms with E-state index in [0.29, 0.717) is 25.9 Å². The van der Waals surface area contributed by atoms with Gasteiger partial charge < -0.3 is 10.1 Å². The topological polar surface area (TPSA) is 75.7 Å². The molecule has 6 nitrogen and oxygen atoms in total. The summed E-state index contributed by atoms with van der Waals surface area (Å²) in [6, 6.07) is 16.0. The molecule has 1 N–H and O–H groups in total. The van der Waals surface area contributed by atoms with Gasteiger partial charge >= 0.3 is 0 Å². The van der Waals surface area contributed by atoms with Gasteiger partial charge in [0.05, 0.1) is 16.9 Å². The zero-order valence-electron chi connectivity index (χ0n) is 16.9. The molecule has 1 fully saturated rings. The SMILES string of the molecule is CC(C)Oc1cccc(CNC(=O)C2CCCN(S(=O)(=O)c3ccccc3)C2)c1. The number of carbonyl (C=O) groups excluding carboxylic acids is 1. The standard InChI is InChI=1S/C22H28N2O4S/c1-17(2)28-20-10-6-8-18(14-20)15-23-22(25)19-9-7-13-24(16-19)29(26,27)21-11-4-3-5-12-21/h3-6,8,10-12,14,17,19H,7,9,13,15-16H2,1-2H3,(H,23,25). The molecule has 0 bridgehead atoms. The molecule has 2 aromatic carbocycles. The van der Waals surface area contributed by atoms with Crippen molar-refractivity contribution in [1.29, 1.82) is 0 Å². The molecule has 1 saturated heterocycles. The number of ether oxygens (including phenoxy) is 1. The van der Waals surface area contributed by atoms with Crippen molar-refractivity contribution >= 4 is 15.9 Å². The number of benzene rings is 2. The van der Waals surface area contributed by atoms with Crippen LogP contribution in [-0.2, 0) is 21.4 Å². The maximum atomic E-state index is 12.8. The highest BCUT2D eigenvalue weighted by Gasteiger charge is 2.33. The number of amides is 1. The minimum absolute atomic E-state index is 0.0830. The molecule has 0 radical (unpaired) electrons. The highest BCUT2D eigenvalue weighted by Crippen LogP contribution is 2.24. The van der Waals surface area contributed by atoms with Crippen molar-refractivity contribution in [3.63, 3.8) is 0 Å². The van der Waals surface area contributed by atoms with E-state index in [1.165, 1.54) is 4.31 Å². The third kappa shape index (κ3) is 5.58. The fourth-order valence-corrected chi connectivity index (χ4v) is 5.00. The van der Waals surface area contributed by atoms with Gasteiger partial charge in [0.15, 0.2) is 0 Å². The highest BCUT2D eigenvalue weighted by atomic mass is 32.2. The molecule has 29 heavy (non-hydrogen) atoms. The fraction of sp³-hybridized carbons (Fsp3) is 0.409. The van der Waals surface area contributed by atoms with Crippen LogP contribution in [0.1, 0.15) is 32.3 Å². The summed E-state index contributed by atoms with van der Waals surface area (Å²) >= 11 is 0. The summed E-state index contributed by atoms with van der Waals surface area (Å²) < 4.78 is 32.8. The number of sulfonamides is 1. The van der Waals surface area contributed by atoms with Crippen LogP contribution < -0.4 is 10.1 Å². The molecule has 0 saturated carbocycles. The summed E-state index contributed by atoms with van der Waals surface area (Å²) in [5.74, 6) is 0.301. The second kappa shape index (κ2) is 9.41. The molecule has 0 spiro atoms. The Morgan fingerprint density at radius 2 is 1.93 bits per heavy atom. The number of carbonyl (C=O) groups is 1. The van der Waals surface area contributed by atoms with Crippen LogP contribution in [0.3, 0.4) is 0 Å². The van der Waals surface area contributed by atoms with Crippen LogP contribution >= 0.6 is 0 Å². The fourth-order valence-electron chi connectivity index (χ4n) is 3.45. The molecule has 0 aromatic heterocycles. The van der Waals surface area contributed by atoms with E-state index in [1.54, 1.807) is 30.3 Å². The monoisotopic (exact) mass is 416 g/mol. The molecule has 1 aliphatic rings. The molecule has 1 aliphatic heterocycles. The molecule has 1 heterocycles. The lowest BCUT2D eigenvalue weighted by molar-refractivity contribution is -0.126. The van der Waals surface area contributed by atoms with Crippen molar-refractivity contribution in [3.05, 3.63) is 60.2 Å². The van der Waals surface area contributed by atoms with Crippen LogP contribution in [-0.4, -0.2) is 37.8 Å². The van der Waals surface area contributed by atoms with Crippen LogP contribution in [0, 0.1) is 5.92 Å². The van der Waals surface area contributed by atoms with Crippen molar-refractivity contribution < 1.29 is 17.9 Å². The molecule has 2 aromatic rings. The van der Waals surface area contributed by atoms with E-state index in [9.17, 15) is 13.2 Å². The molecule has 1 amide bonds. The number of hydrogen-bond acceptors (Lipinski definition) is 4. The van der Waals surface area contributed by atoms with Crippen molar-refractivity contribution in [2.45, 2.75) is 44.2 Å². The Labute approximate surface area is 172 Å². The van der Waals surface area contributed by atoms with E-state index in [0.717, 1.165) is 11.3 Å². The lowest BCUT2D eigenvalue weighted by Gasteiger charge is -2.31. The minimum Gasteiger partial charge on any atom is -0.491 e. The van der Waals surface area contributed by atoms with E-state index in [1.807, 2.05) is 38.1 Å². The number of nitrogens with one attached hydrogen (secondary N) is 1. The average Bonchev–Trinajstić information content (AvgIpc) is 2.72. The summed E-state index contributed by atoms with van der Waals surface area (Å²) in [7, 11) is -3.58. The van der Waals surface area contributed by atoms with Gasteiger partial charge in [0.1, 0.15) is 5.75 Å². The van der Waals surface area contributed by atoms with E-state index in [4.69, 9.17) is 4.74 Å². The first-order chi connectivity index (χ1) is 13.9. The Balaban J connectivity index is 1.60. The van der Waals surface area contributed by atoms with Gasteiger partial charge in [-0.3, -0.25) is 4.79 Å². The lowest BCUT2D eigenvalue weighted by Crippen LogP contribution is -2.45. The highest BCUT2D eigenvalue weighted by molar-refractivity contribution is 7.89. The van der Waals surface area contributed by atoms with Crippen LogP contribution in [0.2, 0.25) is 0 Å². The van der Waals surface area contributed by atoms with Crippen LogP contribution in [0.5, 0.6) is 5.75 Å². The van der Waals surface area contributed by atoms with Crippen molar-refractivity contribution in [2.75, 3.05) is 13.1 Å². The third-order valence-electron chi connectivity index (χ3n) is 4.87. The number of rotatable bonds is 7. The van der Waals surface area contributed by atoms with Crippen LogP contribution in [0.25, 0.3) is 0 Å². The normalized spacial score (nSPS) is 17.8. The Kier molecular flexibility index (Phi) is 6.92. The summed E-state index contributed by atoms with van der Waals surface area (Å²) in [6.45, 7) is 4.96. The van der Waals surface area contributed by atoms with Crippen molar-refractivity contribution in [2.24, 2.45) is 5.92 Å². The summed E-state index contributed by atoms with van der Waals surface area (Å²) in [6.07, 6.45) is 1.44. The first kappa shape index (κ1) is 21.3. The van der Waals surface area contributed by atoms with Crippen LogP contribution in [0.4, 0.5) is 0 Å². The van der Waals surface area contributed by atoms with Crippen molar-refractivity contribution in [3.8, 4) is 5.75 Å². The first-order valence-corrected chi connectivity index (χ1v) is 11.4. The van der Waals surface area contributed by atoms with E-state index in [2.05, 4.69) is 5.32 Å². The molecule has 7 heteroatoms. The Morgan fingerprint density at radius 1 is 1.17 bits per heavy atom. The van der Waals surface area contributed by atoms with Gasteiger partial charge in [0.25, 0.3) is 0 Å². The molecule has 1 atom stereocenters. The largest absolute Gasteiger partial charge is 0.491 e. The zero-order valence-corrected chi connectivity index (χ0v) is 17.7. The second-order valence-corrected chi connectivity index (χ2v) is 9.49. The van der Waals surface area contributed by atoms with Crippen LogP contribution in [0.15, 0.2) is 59.5 Å². The number of hydrogen-bond donors (Lipinski definition) is 1. The van der Waals surface area contributed by atoms with Crippen molar-refractivity contribution in [1.82, 2.24) is 9.62 Å². The summed E-state index contributed by atoms with van der Waals surface area (Å²) in [5.41, 5.74) is 0.945. The number of piperidine rings is 1. The summed E-state index contributed by atoms with van der Waals surface area (Å²) in [5, 5.41) is 2.94. The van der Waals surface area contributed by atoms with Gasteiger partial charge in [0, 0.05) is 19.6 Å². The second-order valence-electron chi connectivity index (χ2n) is 7.55. The maximum absolute atomic E-state index is 12.8. The lowest BCUT2D eigenvalue weighted by atomic mass is 9.99. The molecular weight excluding hydrogens is 388 g/mol. The Morgan fingerprint density at radius 3 is 2.66 bits per heavy atom. The van der Waals surface area contributed by atoms with E-state index >= 15 is 0 Å². The third-order valence-corrected chi connectivity index (χ3v) is 6.75. The van der Waals surface area contributed by atoms with Gasteiger partial charge in [-0.2, -0.15) is 4.31 Å². The predicted molar refractivity (Wildman–Crippen MR) is 112 cm³/mol. The van der Waals surface area contributed by atoms with E-state index in [-0.39, 0.29) is 29.4 Å².